The molecule has 0 saturated carbocycles. The largest absolute Gasteiger partial charge is 0.388 e. The molecular formula is C32H66O3. The molecule has 0 aromatic heterocycles. The minimum Gasteiger partial charge on any atom is -0.388 e. The van der Waals surface area contributed by atoms with Crippen LogP contribution in [0.2, 0.25) is 0 Å². The van der Waals surface area contributed by atoms with Gasteiger partial charge >= 0.3 is 0 Å². The van der Waals surface area contributed by atoms with Crippen molar-refractivity contribution in [3.8, 4) is 0 Å². The minimum atomic E-state index is -1.91. The van der Waals surface area contributed by atoms with E-state index < -0.39 is 11.9 Å². The van der Waals surface area contributed by atoms with Gasteiger partial charge in [0.05, 0.1) is 0 Å². The van der Waals surface area contributed by atoms with Crippen LogP contribution in [0.3, 0.4) is 0 Å². The molecule has 3 N–H and O–H groups in total. The van der Waals surface area contributed by atoms with Crippen molar-refractivity contribution in [2.75, 3.05) is 0 Å². The number of aliphatic hydroxyl groups excluding tert-OH is 1. The Morgan fingerprint density at radius 3 is 0.971 bits per heavy atom. The second kappa shape index (κ2) is 26.9. The molecule has 0 spiro atoms. The lowest BCUT2D eigenvalue weighted by molar-refractivity contribution is -0.230. The third-order valence-electron chi connectivity index (χ3n) is 7.76. The van der Waals surface area contributed by atoms with Crippen molar-refractivity contribution in [1.82, 2.24) is 0 Å². The molecule has 0 aromatic rings. The molecule has 0 saturated heterocycles. The van der Waals surface area contributed by atoms with Crippen molar-refractivity contribution in [3.63, 3.8) is 0 Å². The fraction of sp³-hybridized carbons (Fsp3) is 1.00. The number of hydrogen-bond acceptors (Lipinski definition) is 3. The lowest BCUT2D eigenvalue weighted by atomic mass is 9.96. The molecule has 0 rings (SSSR count). The zero-order valence-corrected chi connectivity index (χ0v) is 24.2. The average molecular weight is 499 g/mol. The molecule has 3 nitrogen and oxygen atoms in total. The number of aliphatic hydroxyl groups is 3. The van der Waals surface area contributed by atoms with Gasteiger partial charge in [0.2, 0.25) is 0 Å². The first-order chi connectivity index (χ1) is 17.0. The second-order valence-electron chi connectivity index (χ2n) is 11.4. The maximum atomic E-state index is 10.3. The van der Waals surface area contributed by atoms with Crippen molar-refractivity contribution >= 4 is 0 Å². The molecule has 1 unspecified atom stereocenters. The zero-order valence-electron chi connectivity index (χ0n) is 24.2. The van der Waals surface area contributed by atoms with E-state index in [0.29, 0.717) is 12.8 Å². The summed E-state index contributed by atoms with van der Waals surface area (Å²) < 4.78 is 0. The van der Waals surface area contributed by atoms with Gasteiger partial charge < -0.3 is 15.3 Å². The van der Waals surface area contributed by atoms with Gasteiger partial charge in [-0.2, -0.15) is 0 Å². The lowest BCUT2D eigenvalue weighted by Gasteiger charge is -2.27. The van der Waals surface area contributed by atoms with E-state index >= 15 is 0 Å². The predicted molar refractivity (Wildman–Crippen MR) is 154 cm³/mol. The van der Waals surface area contributed by atoms with Crippen LogP contribution >= 0.6 is 0 Å². The van der Waals surface area contributed by atoms with Crippen LogP contribution in [0.1, 0.15) is 194 Å². The Hall–Kier alpha value is -0.120. The lowest BCUT2D eigenvalue weighted by Crippen LogP contribution is -2.42. The molecule has 212 valence electrons. The fourth-order valence-corrected chi connectivity index (χ4v) is 5.16. The quantitative estimate of drug-likeness (QED) is 0.0710. The average Bonchev–Trinajstić information content (AvgIpc) is 2.84. The smallest absolute Gasteiger partial charge is 0.189 e. The summed E-state index contributed by atoms with van der Waals surface area (Å²) >= 11 is 0. The molecule has 0 aliphatic rings. The summed E-state index contributed by atoms with van der Waals surface area (Å²) in [5.41, 5.74) is 0. The number of hydrogen-bond donors (Lipinski definition) is 3. The molecule has 35 heavy (non-hydrogen) atoms. The maximum absolute atomic E-state index is 10.3. The predicted octanol–water partition coefficient (Wildman–Crippen LogP) is 9.99. The van der Waals surface area contributed by atoms with Gasteiger partial charge in [-0.25, -0.2) is 0 Å². The highest BCUT2D eigenvalue weighted by Gasteiger charge is 2.31. The first-order valence-electron chi connectivity index (χ1n) is 16.2. The molecule has 0 amide bonds. The van der Waals surface area contributed by atoms with Gasteiger partial charge in [0.1, 0.15) is 6.10 Å². The van der Waals surface area contributed by atoms with Gasteiger partial charge in [-0.3, -0.25) is 0 Å². The molecular weight excluding hydrogens is 432 g/mol. The highest BCUT2D eigenvalue weighted by Crippen LogP contribution is 2.22. The first-order valence-corrected chi connectivity index (χ1v) is 16.2. The normalized spacial score (nSPS) is 12.9. The summed E-state index contributed by atoms with van der Waals surface area (Å²) in [6.45, 7) is 4.54. The van der Waals surface area contributed by atoms with Crippen LogP contribution in [0.25, 0.3) is 0 Å². The first kappa shape index (κ1) is 34.9. The van der Waals surface area contributed by atoms with E-state index in [0.717, 1.165) is 25.7 Å². The van der Waals surface area contributed by atoms with E-state index in [4.69, 9.17) is 0 Å². The summed E-state index contributed by atoms with van der Waals surface area (Å²) in [5.74, 6) is -1.91. The Balaban J connectivity index is 3.43. The van der Waals surface area contributed by atoms with Gasteiger partial charge in [0.15, 0.2) is 5.79 Å². The Bertz CT molecular complexity index is 396. The monoisotopic (exact) mass is 499 g/mol. The van der Waals surface area contributed by atoms with E-state index in [-0.39, 0.29) is 0 Å². The Morgan fingerprint density at radius 2 is 0.657 bits per heavy atom. The van der Waals surface area contributed by atoms with Crippen LogP contribution in [-0.4, -0.2) is 27.2 Å². The molecule has 0 aliphatic carbocycles. The van der Waals surface area contributed by atoms with Gasteiger partial charge in [-0.05, 0) is 12.8 Å². The summed E-state index contributed by atoms with van der Waals surface area (Å²) in [6, 6.07) is 0. The number of unbranched alkanes of at least 4 members (excludes halogenated alkanes) is 24. The van der Waals surface area contributed by atoms with Crippen molar-refractivity contribution in [3.05, 3.63) is 0 Å². The molecule has 0 aliphatic heterocycles. The minimum absolute atomic E-state index is 0.296. The summed E-state index contributed by atoms with van der Waals surface area (Å²) in [5, 5.41) is 30.8. The molecule has 0 fully saturated rings. The molecule has 0 heterocycles. The highest BCUT2D eigenvalue weighted by atomic mass is 16.5. The number of rotatable bonds is 29. The van der Waals surface area contributed by atoms with Gasteiger partial charge in [0.25, 0.3) is 0 Å². The van der Waals surface area contributed by atoms with Crippen LogP contribution in [0.5, 0.6) is 0 Å². The second-order valence-corrected chi connectivity index (χ2v) is 11.4. The van der Waals surface area contributed by atoms with Crippen molar-refractivity contribution in [2.45, 2.75) is 206 Å². The van der Waals surface area contributed by atoms with E-state index in [1.807, 2.05) is 0 Å². The maximum Gasteiger partial charge on any atom is 0.189 e. The topological polar surface area (TPSA) is 60.7 Å². The molecule has 0 bridgehead atoms. The van der Waals surface area contributed by atoms with E-state index in [9.17, 15) is 15.3 Å². The van der Waals surface area contributed by atoms with Gasteiger partial charge in [0, 0.05) is 6.42 Å². The molecule has 0 aromatic carbocycles. The van der Waals surface area contributed by atoms with Crippen molar-refractivity contribution < 1.29 is 15.3 Å². The van der Waals surface area contributed by atoms with Gasteiger partial charge in [-0.1, -0.05) is 174 Å². The van der Waals surface area contributed by atoms with Crippen molar-refractivity contribution in [2.24, 2.45) is 0 Å². The Labute approximate surface area is 220 Å². The fourth-order valence-electron chi connectivity index (χ4n) is 5.16. The summed E-state index contributed by atoms with van der Waals surface area (Å²) in [4.78, 5) is 0. The van der Waals surface area contributed by atoms with E-state index in [2.05, 4.69) is 13.8 Å². The summed E-state index contributed by atoms with van der Waals surface area (Å²) in [7, 11) is 0. The highest BCUT2D eigenvalue weighted by molar-refractivity contribution is 4.75. The van der Waals surface area contributed by atoms with E-state index in [1.54, 1.807) is 0 Å². The molecule has 0 radical (unpaired) electrons. The van der Waals surface area contributed by atoms with Gasteiger partial charge in [-0.15, -0.1) is 0 Å². The zero-order chi connectivity index (χ0) is 25.9. The van der Waals surface area contributed by atoms with Crippen molar-refractivity contribution in [1.29, 1.82) is 0 Å². The van der Waals surface area contributed by atoms with Crippen LogP contribution < -0.4 is 0 Å². The third-order valence-corrected chi connectivity index (χ3v) is 7.76. The van der Waals surface area contributed by atoms with Crippen LogP contribution in [-0.2, 0) is 0 Å². The van der Waals surface area contributed by atoms with E-state index in [1.165, 1.54) is 141 Å². The van der Waals surface area contributed by atoms with Crippen LogP contribution in [0, 0.1) is 0 Å². The standard InChI is InChI=1S/C32H66O3/c1-3-5-7-9-11-13-15-17-19-21-23-25-27-29-31(33)32(34,35)30-28-26-24-22-20-18-16-14-12-10-8-6-4-2/h31,33-35H,3-30H2,1-2H3. The van der Waals surface area contributed by atoms with Crippen LogP contribution in [0.4, 0.5) is 0 Å². The Kier molecular flexibility index (Phi) is 26.8. The Morgan fingerprint density at radius 1 is 0.400 bits per heavy atom. The summed E-state index contributed by atoms with van der Waals surface area (Å²) in [6.07, 6.45) is 33.2. The van der Waals surface area contributed by atoms with Crippen LogP contribution in [0.15, 0.2) is 0 Å². The third kappa shape index (κ3) is 25.3. The molecule has 3 heteroatoms. The SMILES string of the molecule is CCCCCCCCCCCCCCCC(O)C(O)(O)CCCCCCCCCCCCCCC. The molecule has 1 atom stereocenters.